The number of likely N-dealkylation sites (tertiary alicyclic amines) is 1. The van der Waals surface area contributed by atoms with E-state index in [0.717, 1.165) is 25.9 Å². The first-order valence-corrected chi connectivity index (χ1v) is 8.51. The lowest BCUT2D eigenvalue weighted by atomic mass is 10.1. The van der Waals surface area contributed by atoms with Crippen molar-refractivity contribution in [2.24, 2.45) is 0 Å². The van der Waals surface area contributed by atoms with Crippen molar-refractivity contribution in [3.8, 4) is 0 Å². The van der Waals surface area contributed by atoms with Crippen LogP contribution in [0.1, 0.15) is 24.6 Å². The number of nitrogens with zero attached hydrogens (tertiary/aromatic N) is 4. The van der Waals surface area contributed by atoms with Gasteiger partial charge in [-0.3, -0.25) is 9.69 Å². The van der Waals surface area contributed by atoms with Crippen molar-refractivity contribution < 1.29 is 9.32 Å². The van der Waals surface area contributed by atoms with Crippen LogP contribution in [0.25, 0.3) is 0 Å². The third-order valence-corrected chi connectivity index (χ3v) is 4.36. The number of anilines is 1. The van der Waals surface area contributed by atoms with Crippen LogP contribution in [0.5, 0.6) is 0 Å². The fraction of sp³-hybridized carbons (Fsp3) is 0.571. The van der Waals surface area contributed by atoms with Gasteiger partial charge >= 0.3 is 0 Å². The standard InChI is InChI=1S/C14H20N6O2S/c1-10-17-12(19-22-10)9-20-5-2-3-11(8-20)16-7-13(21)18-14-15-4-6-23-14/h4,6,11,16H,2-3,5,7-9H2,1H3,(H,15,18,21). The van der Waals surface area contributed by atoms with Gasteiger partial charge in [0, 0.05) is 31.1 Å². The number of carbonyl (C=O) groups is 1. The Kier molecular flexibility index (Phi) is 5.31. The van der Waals surface area contributed by atoms with E-state index in [0.29, 0.717) is 36.0 Å². The molecule has 8 nitrogen and oxygen atoms in total. The van der Waals surface area contributed by atoms with Gasteiger partial charge in [-0.05, 0) is 19.4 Å². The van der Waals surface area contributed by atoms with Gasteiger partial charge in [0.2, 0.25) is 11.8 Å². The van der Waals surface area contributed by atoms with Crippen LogP contribution in [-0.2, 0) is 11.3 Å². The second kappa shape index (κ2) is 7.62. The molecule has 3 heterocycles. The summed E-state index contributed by atoms with van der Waals surface area (Å²) >= 11 is 1.41. The lowest BCUT2D eigenvalue weighted by Gasteiger charge is -2.32. The van der Waals surface area contributed by atoms with Gasteiger partial charge in [-0.2, -0.15) is 4.98 Å². The molecule has 2 aromatic rings. The highest BCUT2D eigenvalue weighted by atomic mass is 32.1. The van der Waals surface area contributed by atoms with Crippen molar-refractivity contribution in [3.05, 3.63) is 23.3 Å². The molecule has 1 aliphatic heterocycles. The van der Waals surface area contributed by atoms with E-state index in [1.54, 1.807) is 13.1 Å². The van der Waals surface area contributed by atoms with E-state index in [9.17, 15) is 4.79 Å². The highest BCUT2D eigenvalue weighted by Gasteiger charge is 2.21. The van der Waals surface area contributed by atoms with Gasteiger partial charge < -0.3 is 15.2 Å². The van der Waals surface area contributed by atoms with Gasteiger partial charge in [0.1, 0.15) is 0 Å². The molecule has 1 fully saturated rings. The number of piperidine rings is 1. The van der Waals surface area contributed by atoms with Crippen molar-refractivity contribution in [3.63, 3.8) is 0 Å². The first kappa shape index (κ1) is 16.0. The van der Waals surface area contributed by atoms with Crippen LogP contribution < -0.4 is 10.6 Å². The normalized spacial score (nSPS) is 18.9. The van der Waals surface area contributed by atoms with E-state index in [2.05, 4.69) is 30.7 Å². The molecule has 0 aliphatic carbocycles. The van der Waals surface area contributed by atoms with E-state index in [1.165, 1.54) is 11.3 Å². The molecule has 0 radical (unpaired) electrons. The van der Waals surface area contributed by atoms with E-state index in [4.69, 9.17) is 4.52 Å². The van der Waals surface area contributed by atoms with Crippen LogP contribution in [0.4, 0.5) is 5.13 Å². The highest BCUT2D eigenvalue weighted by Crippen LogP contribution is 2.13. The fourth-order valence-electron chi connectivity index (χ4n) is 2.66. The lowest BCUT2D eigenvalue weighted by molar-refractivity contribution is -0.115. The topological polar surface area (TPSA) is 96.2 Å². The van der Waals surface area contributed by atoms with E-state index < -0.39 is 0 Å². The molecule has 2 N–H and O–H groups in total. The number of hydrogen-bond acceptors (Lipinski definition) is 8. The maximum atomic E-state index is 11.9. The maximum Gasteiger partial charge on any atom is 0.240 e. The minimum absolute atomic E-state index is 0.0640. The number of aromatic nitrogens is 3. The molecule has 2 aromatic heterocycles. The summed E-state index contributed by atoms with van der Waals surface area (Å²) in [5.41, 5.74) is 0. The molecule has 124 valence electrons. The average Bonchev–Trinajstić information content (AvgIpc) is 3.18. The van der Waals surface area contributed by atoms with Crippen LogP contribution in [0.2, 0.25) is 0 Å². The quantitative estimate of drug-likeness (QED) is 0.813. The smallest absolute Gasteiger partial charge is 0.240 e. The Hall–Kier alpha value is -1.84. The Bertz CT molecular complexity index is 629. The minimum Gasteiger partial charge on any atom is -0.340 e. The molecule has 0 bridgehead atoms. The van der Waals surface area contributed by atoms with Gasteiger partial charge in [-0.1, -0.05) is 5.16 Å². The van der Waals surface area contributed by atoms with Gasteiger partial charge in [0.25, 0.3) is 0 Å². The van der Waals surface area contributed by atoms with Crippen molar-refractivity contribution in [2.45, 2.75) is 32.4 Å². The summed E-state index contributed by atoms with van der Waals surface area (Å²) < 4.78 is 5.00. The zero-order chi connectivity index (χ0) is 16.1. The summed E-state index contributed by atoms with van der Waals surface area (Å²) in [6.45, 7) is 4.65. The predicted molar refractivity (Wildman–Crippen MR) is 86.1 cm³/mol. The summed E-state index contributed by atoms with van der Waals surface area (Å²) in [7, 11) is 0. The zero-order valence-electron chi connectivity index (χ0n) is 13.0. The molecular formula is C14H20N6O2S. The maximum absolute atomic E-state index is 11.9. The molecule has 1 atom stereocenters. The zero-order valence-corrected chi connectivity index (χ0v) is 13.8. The van der Waals surface area contributed by atoms with Gasteiger partial charge in [0.15, 0.2) is 11.0 Å². The number of rotatable bonds is 6. The second-order valence-corrected chi connectivity index (χ2v) is 6.46. The number of carbonyl (C=O) groups excluding carboxylic acids is 1. The van der Waals surface area contributed by atoms with Crippen molar-refractivity contribution in [2.75, 3.05) is 25.0 Å². The molecule has 1 unspecified atom stereocenters. The van der Waals surface area contributed by atoms with E-state index in [-0.39, 0.29) is 5.91 Å². The molecular weight excluding hydrogens is 316 g/mol. The van der Waals surface area contributed by atoms with Crippen molar-refractivity contribution >= 4 is 22.4 Å². The van der Waals surface area contributed by atoms with Crippen LogP contribution in [0.3, 0.4) is 0 Å². The number of hydrogen-bond donors (Lipinski definition) is 2. The number of aryl methyl sites for hydroxylation is 1. The van der Waals surface area contributed by atoms with Crippen LogP contribution in [-0.4, -0.2) is 51.6 Å². The van der Waals surface area contributed by atoms with Crippen LogP contribution in [0.15, 0.2) is 16.1 Å². The molecule has 0 spiro atoms. The van der Waals surface area contributed by atoms with Crippen molar-refractivity contribution in [1.82, 2.24) is 25.3 Å². The first-order chi connectivity index (χ1) is 11.2. The second-order valence-electron chi connectivity index (χ2n) is 5.57. The Morgan fingerprint density at radius 2 is 2.48 bits per heavy atom. The number of amides is 1. The summed E-state index contributed by atoms with van der Waals surface area (Å²) in [5, 5.41) is 12.5. The Labute approximate surface area is 138 Å². The van der Waals surface area contributed by atoms with E-state index in [1.807, 2.05) is 5.38 Å². The van der Waals surface area contributed by atoms with Gasteiger partial charge in [-0.15, -0.1) is 11.3 Å². The molecule has 1 saturated heterocycles. The third kappa shape index (κ3) is 4.81. The highest BCUT2D eigenvalue weighted by molar-refractivity contribution is 7.13. The Balaban J connectivity index is 1.42. The molecule has 9 heteroatoms. The summed E-state index contributed by atoms with van der Waals surface area (Å²) in [4.78, 5) is 22.4. The summed E-state index contributed by atoms with van der Waals surface area (Å²) in [6.07, 6.45) is 3.82. The molecule has 1 amide bonds. The Morgan fingerprint density at radius 1 is 1.57 bits per heavy atom. The molecule has 3 rings (SSSR count). The minimum atomic E-state index is -0.0640. The monoisotopic (exact) mass is 336 g/mol. The van der Waals surface area contributed by atoms with Crippen molar-refractivity contribution in [1.29, 1.82) is 0 Å². The van der Waals surface area contributed by atoms with Gasteiger partial charge in [-0.25, -0.2) is 4.98 Å². The first-order valence-electron chi connectivity index (χ1n) is 7.63. The van der Waals surface area contributed by atoms with Gasteiger partial charge in [0.05, 0.1) is 13.1 Å². The number of nitrogens with one attached hydrogen (secondary N) is 2. The fourth-order valence-corrected chi connectivity index (χ4v) is 3.20. The van der Waals surface area contributed by atoms with E-state index >= 15 is 0 Å². The largest absolute Gasteiger partial charge is 0.340 e. The Morgan fingerprint density at radius 3 is 3.22 bits per heavy atom. The molecule has 0 aromatic carbocycles. The molecule has 0 saturated carbocycles. The molecule has 23 heavy (non-hydrogen) atoms. The third-order valence-electron chi connectivity index (χ3n) is 3.67. The lowest BCUT2D eigenvalue weighted by Crippen LogP contribution is -2.47. The predicted octanol–water partition coefficient (Wildman–Crippen LogP) is 1.03. The van der Waals surface area contributed by atoms with Crippen LogP contribution in [0, 0.1) is 6.92 Å². The molecule has 1 aliphatic rings. The average molecular weight is 336 g/mol. The van der Waals surface area contributed by atoms with Crippen LogP contribution >= 0.6 is 11.3 Å². The SMILES string of the molecule is Cc1nc(CN2CCCC(NCC(=O)Nc3nccs3)C2)no1. The number of thiazole rings is 1. The summed E-state index contributed by atoms with van der Waals surface area (Å²) in [5.74, 6) is 1.24. The summed E-state index contributed by atoms with van der Waals surface area (Å²) in [6, 6.07) is 0.291.